The molecule has 1 fully saturated rings. The highest BCUT2D eigenvalue weighted by Gasteiger charge is 2.34. The van der Waals surface area contributed by atoms with Crippen LogP contribution in [0.1, 0.15) is 32.6 Å². The number of anilines is 1. The molecule has 2 heterocycles. The first kappa shape index (κ1) is 14.3. The van der Waals surface area contributed by atoms with Crippen molar-refractivity contribution in [1.82, 2.24) is 9.38 Å². The van der Waals surface area contributed by atoms with E-state index in [1.807, 2.05) is 0 Å². The van der Waals surface area contributed by atoms with E-state index in [0.717, 1.165) is 25.7 Å². The van der Waals surface area contributed by atoms with Gasteiger partial charge in [0.15, 0.2) is 0 Å². The van der Waals surface area contributed by atoms with Gasteiger partial charge in [-0.15, -0.1) is 0 Å². The van der Waals surface area contributed by atoms with Gasteiger partial charge < -0.3 is 20.5 Å². The van der Waals surface area contributed by atoms with Gasteiger partial charge in [-0.3, -0.25) is 0 Å². The van der Waals surface area contributed by atoms with Gasteiger partial charge in [-0.1, -0.05) is 31.1 Å². The van der Waals surface area contributed by atoms with Gasteiger partial charge in [0.25, 0.3) is 4.96 Å². The van der Waals surface area contributed by atoms with Crippen molar-refractivity contribution in [1.29, 1.82) is 0 Å². The molecule has 0 amide bonds. The zero-order valence-electron chi connectivity index (χ0n) is 11.8. The molecule has 7 nitrogen and oxygen atoms in total. The van der Waals surface area contributed by atoms with Gasteiger partial charge in [0.2, 0.25) is 5.82 Å². The van der Waals surface area contributed by atoms with Crippen LogP contribution in [0.5, 0.6) is 0 Å². The lowest BCUT2D eigenvalue weighted by molar-refractivity contribution is -0.389. The molecule has 21 heavy (non-hydrogen) atoms. The Balaban J connectivity index is 1.80. The van der Waals surface area contributed by atoms with Crippen LogP contribution in [-0.2, 0) is 0 Å². The van der Waals surface area contributed by atoms with Crippen LogP contribution in [0.2, 0.25) is 0 Å². The number of nitrogens with one attached hydrogen (secondary N) is 1. The van der Waals surface area contributed by atoms with Crippen molar-refractivity contribution < 1.29 is 10.0 Å². The van der Waals surface area contributed by atoms with E-state index >= 15 is 0 Å². The maximum absolute atomic E-state index is 11.2. The molecule has 0 spiro atoms. The van der Waals surface area contributed by atoms with Crippen LogP contribution in [0.25, 0.3) is 4.96 Å². The molecule has 2 N–H and O–H groups in total. The lowest BCUT2D eigenvalue weighted by atomic mass is 9.79. The third kappa shape index (κ3) is 2.73. The van der Waals surface area contributed by atoms with Crippen LogP contribution in [0, 0.1) is 16.0 Å². The highest BCUT2D eigenvalue weighted by Crippen LogP contribution is 2.34. The lowest BCUT2D eigenvalue weighted by Crippen LogP contribution is -2.41. The van der Waals surface area contributed by atoms with Crippen LogP contribution < -0.4 is 5.32 Å². The molecule has 2 atom stereocenters. The van der Waals surface area contributed by atoms with E-state index in [0.29, 0.717) is 17.4 Å². The quantitative estimate of drug-likeness (QED) is 0.669. The number of fused-ring (bicyclic) bond motifs is 1. The lowest BCUT2D eigenvalue weighted by Gasteiger charge is -2.35. The summed E-state index contributed by atoms with van der Waals surface area (Å²) in [4.78, 5) is 15.6. The van der Waals surface area contributed by atoms with Crippen LogP contribution >= 0.6 is 11.3 Å². The fraction of sp³-hybridized carbons (Fsp3) is 0.615. The molecular formula is C13H18N4O3S. The van der Waals surface area contributed by atoms with Crippen LogP contribution in [-0.4, -0.2) is 31.6 Å². The molecule has 1 saturated carbocycles. The monoisotopic (exact) mass is 310 g/mol. The third-order valence-electron chi connectivity index (χ3n) is 4.06. The molecule has 1 aliphatic rings. The van der Waals surface area contributed by atoms with Crippen molar-refractivity contribution >= 4 is 27.9 Å². The zero-order valence-corrected chi connectivity index (χ0v) is 12.6. The van der Waals surface area contributed by atoms with Crippen molar-refractivity contribution in [3.63, 3.8) is 0 Å². The second-order valence-corrected chi connectivity index (χ2v) is 6.75. The summed E-state index contributed by atoms with van der Waals surface area (Å²) in [7, 11) is 0. The number of nitro groups is 1. The summed E-state index contributed by atoms with van der Waals surface area (Å²) in [5, 5.41) is 26.6. The molecule has 1 aliphatic carbocycles. The minimum atomic E-state index is -0.803. The van der Waals surface area contributed by atoms with Crippen molar-refractivity contribution in [2.24, 2.45) is 5.92 Å². The van der Waals surface area contributed by atoms with E-state index in [1.165, 1.54) is 15.7 Å². The van der Waals surface area contributed by atoms with E-state index in [9.17, 15) is 15.2 Å². The second kappa shape index (κ2) is 5.27. The number of imidazole rings is 1. The Bertz CT molecular complexity index is 667. The summed E-state index contributed by atoms with van der Waals surface area (Å²) in [6.07, 6.45) is 5.19. The zero-order chi connectivity index (χ0) is 15.0. The summed E-state index contributed by atoms with van der Waals surface area (Å²) >= 11 is 1.35. The van der Waals surface area contributed by atoms with Gasteiger partial charge in [-0.25, -0.2) is 0 Å². The minimum absolute atomic E-state index is 0.0706. The third-order valence-corrected chi connectivity index (χ3v) is 4.82. The molecule has 0 radical (unpaired) electrons. The predicted molar refractivity (Wildman–Crippen MR) is 80.8 cm³/mol. The van der Waals surface area contributed by atoms with E-state index in [-0.39, 0.29) is 11.6 Å². The van der Waals surface area contributed by atoms with E-state index in [1.54, 1.807) is 11.6 Å². The van der Waals surface area contributed by atoms with Gasteiger partial charge in [0, 0.05) is 11.9 Å². The number of thiazole rings is 1. The molecule has 0 saturated heterocycles. The first-order valence-electron chi connectivity index (χ1n) is 7.05. The summed E-state index contributed by atoms with van der Waals surface area (Å²) in [6, 6.07) is 0. The Morgan fingerprint density at radius 1 is 1.71 bits per heavy atom. The van der Waals surface area contributed by atoms with Crippen molar-refractivity contribution in [2.75, 3.05) is 11.9 Å². The van der Waals surface area contributed by atoms with Crippen molar-refractivity contribution in [2.45, 2.75) is 38.2 Å². The molecule has 0 aliphatic heterocycles. The molecule has 2 unspecified atom stereocenters. The van der Waals surface area contributed by atoms with E-state index < -0.39 is 10.5 Å². The molecule has 0 bridgehead atoms. The summed E-state index contributed by atoms with van der Waals surface area (Å²) in [6.45, 7) is 2.42. The van der Waals surface area contributed by atoms with Gasteiger partial charge >= 0.3 is 5.82 Å². The average molecular weight is 310 g/mol. The summed E-state index contributed by atoms with van der Waals surface area (Å²) in [5.74, 6) is 0.642. The van der Waals surface area contributed by atoms with Crippen LogP contribution in [0.15, 0.2) is 11.6 Å². The number of rotatable bonds is 4. The Morgan fingerprint density at radius 3 is 3.24 bits per heavy atom. The van der Waals surface area contributed by atoms with E-state index in [2.05, 4.69) is 17.2 Å². The highest BCUT2D eigenvalue weighted by molar-refractivity contribution is 7.15. The number of nitrogens with zero attached hydrogens (tertiary/aromatic N) is 3. The fourth-order valence-electron chi connectivity index (χ4n) is 3.11. The van der Waals surface area contributed by atoms with Crippen molar-refractivity contribution in [3.05, 3.63) is 21.7 Å². The first-order chi connectivity index (χ1) is 9.98. The molecule has 3 rings (SSSR count). The van der Waals surface area contributed by atoms with Crippen molar-refractivity contribution in [3.8, 4) is 0 Å². The topological polar surface area (TPSA) is 92.7 Å². The van der Waals surface area contributed by atoms with E-state index in [4.69, 9.17) is 0 Å². The molecule has 114 valence electrons. The Kier molecular flexibility index (Phi) is 3.58. The summed E-state index contributed by atoms with van der Waals surface area (Å²) in [5.41, 5.74) is -0.803. The predicted octanol–water partition coefficient (Wildman–Crippen LogP) is 2.66. The normalized spacial score (nSPS) is 26.1. The fourth-order valence-corrected chi connectivity index (χ4v) is 3.82. The molecule has 2 aromatic rings. The Morgan fingerprint density at radius 2 is 2.52 bits per heavy atom. The number of aromatic nitrogens is 2. The Hall–Kier alpha value is -1.67. The molecular weight excluding hydrogens is 292 g/mol. The molecule has 2 aromatic heterocycles. The maximum atomic E-state index is 11.2. The van der Waals surface area contributed by atoms with Gasteiger partial charge in [0.05, 0.1) is 5.60 Å². The highest BCUT2D eigenvalue weighted by atomic mass is 32.1. The minimum Gasteiger partial charge on any atom is -0.388 e. The van der Waals surface area contributed by atoms with Gasteiger partial charge in [-0.2, -0.15) is 9.38 Å². The number of hydrogen-bond acceptors (Lipinski definition) is 6. The number of hydrogen-bond donors (Lipinski definition) is 2. The Labute approximate surface area is 125 Å². The molecule has 8 heteroatoms. The largest absolute Gasteiger partial charge is 0.388 e. The maximum Gasteiger partial charge on any atom is 0.372 e. The summed E-state index contributed by atoms with van der Waals surface area (Å²) < 4.78 is 1.46. The van der Waals surface area contributed by atoms with Gasteiger partial charge in [0.1, 0.15) is 6.20 Å². The average Bonchev–Trinajstić information content (AvgIpc) is 2.95. The van der Waals surface area contributed by atoms with Crippen LogP contribution in [0.4, 0.5) is 11.6 Å². The smallest absolute Gasteiger partial charge is 0.372 e. The standard InChI is InChI=1S/C13H18N4O3S/c1-9-3-2-4-13(18,7-9)8-14-10-11(17(19)20)16-5-6-21-12(16)15-10/h5-6,9,14,18H,2-4,7-8H2,1H3. The van der Waals surface area contributed by atoms with Gasteiger partial charge in [-0.05, 0) is 23.7 Å². The second-order valence-electron chi connectivity index (χ2n) is 5.88. The van der Waals surface area contributed by atoms with Crippen LogP contribution in [0.3, 0.4) is 0 Å². The molecule has 0 aromatic carbocycles. The SMILES string of the molecule is CC1CCCC(O)(CNc2nc3sccn3c2[N+](=O)[O-])C1. The first-order valence-corrected chi connectivity index (χ1v) is 7.93. The number of aliphatic hydroxyl groups is 1.